The zero-order valence-corrected chi connectivity index (χ0v) is 14.9. The van der Waals surface area contributed by atoms with E-state index in [4.69, 9.17) is 5.73 Å². The van der Waals surface area contributed by atoms with Gasteiger partial charge >= 0.3 is 5.51 Å². The molecular formula is C17H18F3N3O2S. The van der Waals surface area contributed by atoms with Crippen LogP contribution in [0.5, 0.6) is 0 Å². The van der Waals surface area contributed by atoms with Gasteiger partial charge in [-0.05, 0) is 41.3 Å². The van der Waals surface area contributed by atoms with Gasteiger partial charge < -0.3 is 5.73 Å². The van der Waals surface area contributed by atoms with Gasteiger partial charge in [-0.25, -0.2) is 4.98 Å². The number of nitrogens with one attached hydrogen (secondary N) is 1. The van der Waals surface area contributed by atoms with Crippen molar-refractivity contribution in [1.29, 1.82) is 0 Å². The molecule has 0 unspecified atom stereocenters. The van der Waals surface area contributed by atoms with Crippen LogP contribution in [0, 0.1) is 5.92 Å². The normalized spacial score (nSPS) is 13.0. The molecule has 1 aromatic carbocycles. The predicted molar refractivity (Wildman–Crippen MR) is 94.2 cm³/mol. The number of nitrogens with zero attached hydrogens (tertiary/aromatic N) is 1. The molecule has 140 valence electrons. The van der Waals surface area contributed by atoms with Crippen LogP contribution in [0.15, 0.2) is 40.0 Å². The zero-order chi connectivity index (χ0) is 19.5. The van der Waals surface area contributed by atoms with E-state index in [9.17, 15) is 22.8 Å². The SMILES string of the molecule is CC(C)[C@@H](CC(=O)c1cc(=O)[nH]c(N)n1)c1ccc(SC(F)(F)F)cc1. The third kappa shape index (κ3) is 5.62. The van der Waals surface area contributed by atoms with E-state index in [0.29, 0.717) is 0 Å². The first-order valence-electron chi connectivity index (χ1n) is 7.81. The number of benzene rings is 1. The Kier molecular flexibility index (Phi) is 6.12. The van der Waals surface area contributed by atoms with Crippen LogP contribution >= 0.6 is 11.8 Å². The lowest BCUT2D eigenvalue weighted by Gasteiger charge is -2.21. The molecule has 0 aliphatic heterocycles. The van der Waals surface area contributed by atoms with Crippen LogP contribution in [0.1, 0.15) is 42.2 Å². The van der Waals surface area contributed by atoms with E-state index >= 15 is 0 Å². The van der Waals surface area contributed by atoms with Gasteiger partial charge in [0.1, 0.15) is 5.69 Å². The molecule has 1 atom stereocenters. The summed E-state index contributed by atoms with van der Waals surface area (Å²) in [7, 11) is 0. The summed E-state index contributed by atoms with van der Waals surface area (Å²) in [6, 6.07) is 7.03. The predicted octanol–water partition coefficient (Wildman–Crippen LogP) is 3.98. The summed E-state index contributed by atoms with van der Waals surface area (Å²) in [6.45, 7) is 3.83. The molecule has 0 radical (unpaired) electrons. The smallest absolute Gasteiger partial charge is 0.369 e. The molecule has 9 heteroatoms. The van der Waals surface area contributed by atoms with Crippen molar-refractivity contribution in [3.63, 3.8) is 0 Å². The number of aromatic amines is 1. The van der Waals surface area contributed by atoms with E-state index in [1.54, 1.807) is 12.1 Å². The van der Waals surface area contributed by atoms with Crippen molar-refractivity contribution >= 4 is 23.5 Å². The lowest BCUT2D eigenvalue weighted by molar-refractivity contribution is -0.0328. The number of aromatic nitrogens is 2. The molecule has 26 heavy (non-hydrogen) atoms. The molecule has 3 N–H and O–H groups in total. The number of ketones is 1. The second-order valence-electron chi connectivity index (χ2n) is 6.11. The minimum absolute atomic E-state index is 0.0267. The molecular weight excluding hydrogens is 367 g/mol. The van der Waals surface area contributed by atoms with Gasteiger partial charge in [0.15, 0.2) is 5.78 Å². The minimum atomic E-state index is -4.35. The van der Waals surface area contributed by atoms with Crippen molar-refractivity contribution in [3.8, 4) is 0 Å². The number of nitrogens with two attached hydrogens (primary N) is 1. The van der Waals surface area contributed by atoms with Crippen LogP contribution in [-0.2, 0) is 0 Å². The number of alkyl halides is 3. The number of halogens is 3. The monoisotopic (exact) mass is 385 g/mol. The summed E-state index contributed by atoms with van der Waals surface area (Å²) < 4.78 is 37.3. The van der Waals surface area contributed by atoms with Crippen LogP contribution in [0.25, 0.3) is 0 Å². The Bertz CT molecular complexity index is 832. The third-order valence-electron chi connectivity index (χ3n) is 3.80. The Balaban J connectivity index is 2.20. The number of rotatable bonds is 6. The summed E-state index contributed by atoms with van der Waals surface area (Å²) in [6.07, 6.45) is 0.0688. The highest BCUT2D eigenvalue weighted by Crippen LogP contribution is 2.38. The van der Waals surface area contributed by atoms with E-state index in [1.807, 2.05) is 13.8 Å². The molecule has 1 aromatic heterocycles. The molecule has 2 rings (SSSR count). The second kappa shape index (κ2) is 7.94. The molecule has 0 bridgehead atoms. The number of hydrogen-bond donors (Lipinski definition) is 2. The van der Waals surface area contributed by atoms with Crippen molar-refractivity contribution < 1.29 is 18.0 Å². The zero-order valence-electron chi connectivity index (χ0n) is 14.1. The summed E-state index contributed by atoms with van der Waals surface area (Å²) in [5.74, 6) is -0.667. The fourth-order valence-corrected chi connectivity index (χ4v) is 3.12. The number of H-pyrrole nitrogens is 1. The van der Waals surface area contributed by atoms with Crippen LogP contribution in [0.3, 0.4) is 0 Å². The maximum Gasteiger partial charge on any atom is 0.446 e. The van der Waals surface area contributed by atoms with Gasteiger partial charge in [0, 0.05) is 17.4 Å². The number of anilines is 1. The molecule has 2 aromatic rings. The molecule has 0 aliphatic rings. The maximum absolute atomic E-state index is 12.5. The standard InChI is InChI=1S/C17H18F3N3O2S/c1-9(2)12(7-14(24)13-8-15(25)23-16(21)22-13)10-3-5-11(6-4-10)26-17(18,19)20/h3-6,8-9,12H,7H2,1-2H3,(H3,21,22,23,25)/t12-/m1/s1. The number of thioether (sulfide) groups is 1. The molecule has 0 fully saturated rings. The van der Waals surface area contributed by atoms with Gasteiger partial charge in [-0.15, -0.1) is 0 Å². The molecule has 0 saturated carbocycles. The lowest BCUT2D eigenvalue weighted by Crippen LogP contribution is -2.18. The average molecular weight is 385 g/mol. The van der Waals surface area contributed by atoms with Crippen molar-refractivity contribution in [3.05, 3.63) is 51.9 Å². The van der Waals surface area contributed by atoms with E-state index in [0.717, 1.165) is 11.6 Å². The molecule has 0 amide bonds. The van der Waals surface area contributed by atoms with Crippen LogP contribution in [0.4, 0.5) is 19.1 Å². The number of carbonyl (C=O) groups is 1. The molecule has 0 aliphatic carbocycles. The first kappa shape index (κ1) is 20.0. The Morgan fingerprint density at radius 2 is 1.88 bits per heavy atom. The molecule has 0 saturated heterocycles. The average Bonchev–Trinajstić information content (AvgIpc) is 2.50. The molecule has 1 heterocycles. The Hall–Kier alpha value is -2.29. The largest absolute Gasteiger partial charge is 0.446 e. The summed E-state index contributed by atoms with van der Waals surface area (Å²) >= 11 is -0.185. The quantitative estimate of drug-likeness (QED) is 0.580. The van der Waals surface area contributed by atoms with Gasteiger partial charge in [0.25, 0.3) is 5.56 Å². The van der Waals surface area contributed by atoms with Gasteiger partial charge in [-0.2, -0.15) is 13.2 Å². The summed E-state index contributed by atoms with van der Waals surface area (Å²) in [5, 5.41) is 0. The molecule has 0 spiro atoms. The number of hydrogen-bond acceptors (Lipinski definition) is 5. The first-order chi connectivity index (χ1) is 12.0. The third-order valence-corrected chi connectivity index (χ3v) is 4.54. The van der Waals surface area contributed by atoms with E-state index in [2.05, 4.69) is 9.97 Å². The minimum Gasteiger partial charge on any atom is -0.369 e. The van der Waals surface area contributed by atoms with Crippen molar-refractivity contribution in [2.45, 2.75) is 36.6 Å². The maximum atomic E-state index is 12.5. The first-order valence-corrected chi connectivity index (χ1v) is 8.62. The van der Waals surface area contributed by atoms with E-state index in [1.165, 1.54) is 12.1 Å². The Morgan fingerprint density at radius 1 is 1.27 bits per heavy atom. The number of carbonyl (C=O) groups excluding carboxylic acids is 1. The fraction of sp³-hybridized carbons (Fsp3) is 0.353. The van der Waals surface area contributed by atoms with Gasteiger partial charge in [0.2, 0.25) is 5.95 Å². The van der Waals surface area contributed by atoms with Crippen LogP contribution < -0.4 is 11.3 Å². The fourth-order valence-electron chi connectivity index (χ4n) is 2.58. The Morgan fingerprint density at radius 3 is 2.38 bits per heavy atom. The van der Waals surface area contributed by atoms with Gasteiger partial charge in [-0.3, -0.25) is 14.6 Å². The number of Topliss-reactive ketones (excluding diaryl/α,β-unsaturated/α-hetero) is 1. The summed E-state index contributed by atoms with van der Waals surface area (Å²) in [5.41, 5.74) is 1.31. The number of nitrogen functional groups attached to an aromatic ring is 1. The highest BCUT2D eigenvalue weighted by atomic mass is 32.2. The van der Waals surface area contributed by atoms with E-state index < -0.39 is 11.1 Å². The lowest BCUT2D eigenvalue weighted by atomic mass is 9.84. The Labute approximate surface area is 152 Å². The van der Waals surface area contributed by atoms with Gasteiger partial charge in [-0.1, -0.05) is 26.0 Å². The van der Waals surface area contributed by atoms with Gasteiger partial charge in [0.05, 0.1) is 0 Å². The van der Waals surface area contributed by atoms with Crippen molar-refractivity contribution in [2.24, 2.45) is 5.92 Å². The highest BCUT2D eigenvalue weighted by Gasteiger charge is 2.29. The molecule has 5 nitrogen and oxygen atoms in total. The van der Waals surface area contributed by atoms with Crippen molar-refractivity contribution in [1.82, 2.24) is 9.97 Å². The van der Waals surface area contributed by atoms with E-state index in [-0.39, 0.29) is 52.3 Å². The van der Waals surface area contributed by atoms with Crippen molar-refractivity contribution in [2.75, 3.05) is 5.73 Å². The highest BCUT2D eigenvalue weighted by molar-refractivity contribution is 8.00. The van der Waals surface area contributed by atoms with Crippen LogP contribution in [0.2, 0.25) is 0 Å². The topological polar surface area (TPSA) is 88.8 Å². The second-order valence-corrected chi connectivity index (χ2v) is 7.25. The van der Waals surface area contributed by atoms with Crippen LogP contribution in [-0.4, -0.2) is 21.3 Å². The summed E-state index contributed by atoms with van der Waals surface area (Å²) in [4.78, 5) is 30.1.